The minimum Gasteiger partial charge on any atom is -0.294 e. The summed E-state index contributed by atoms with van der Waals surface area (Å²) in [4.78, 5) is 11.5. The van der Waals surface area contributed by atoms with Crippen molar-refractivity contribution in [2.45, 2.75) is 11.8 Å². The van der Waals surface area contributed by atoms with Gasteiger partial charge in [0.15, 0.2) is 5.78 Å². The summed E-state index contributed by atoms with van der Waals surface area (Å²) in [5, 5.41) is 0.464. The van der Waals surface area contributed by atoms with Gasteiger partial charge < -0.3 is 0 Å². The predicted molar refractivity (Wildman–Crippen MR) is 58.7 cm³/mol. The molecule has 72 valence electrons. The van der Waals surface area contributed by atoms with Gasteiger partial charge in [-0.05, 0) is 17.7 Å². The number of carbonyl (C=O) groups is 1. The Labute approximate surface area is 92.3 Å². The number of halogens is 2. The van der Waals surface area contributed by atoms with Crippen LogP contribution < -0.4 is 0 Å². The molecule has 0 spiro atoms. The van der Waals surface area contributed by atoms with Crippen LogP contribution in [0.1, 0.15) is 12.0 Å². The van der Waals surface area contributed by atoms with Crippen LogP contribution in [0.4, 0.5) is 0 Å². The minimum absolute atomic E-state index is 0.0901. The maximum Gasteiger partial charge on any atom is 0.165 e. The Hall–Kier alpha value is -0.790. The quantitative estimate of drug-likeness (QED) is 0.672. The molecule has 1 nitrogen and oxygen atoms in total. The van der Waals surface area contributed by atoms with E-state index in [0.29, 0.717) is 17.0 Å². The van der Waals surface area contributed by atoms with E-state index in [2.05, 4.69) is 0 Å². The van der Waals surface area contributed by atoms with Gasteiger partial charge in [-0.25, -0.2) is 0 Å². The van der Waals surface area contributed by atoms with E-state index in [9.17, 15) is 4.79 Å². The van der Waals surface area contributed by atoms with Gasteiger partial charge in [-0.3, -0.25) is 4.79 Å². The maximum atomic E-state index is 11.5. The first-order chi connectivity index (χ1) is 6.66. The zero-order valence-corrected chi connectivity index (χ0v) is 8.85. The van der Waals surface area contributed by atoms with E-state index in [1.807, 2.05) is 12.1 Å². The van der Waals surface area contributed by atoms with Crippen LogP contribution in [0.15, 0.2) is 30.3 Å². The number of alkyl halides is 1. The Morgan fingerprint density at radius 1 is 1.36 bits per heavy atom. The van der Waals surface area contributed by atoms with Crippen molar-refractivity contribution in [3.8, 4) is 0 Å². The monoisotopic (exact) mass is 226 g/mol. The third-order valence-corrected chi connectivity index (χ3v) is 2.68. The Morgan fingerprint density at radius 3 is 2.71 bits per heavy atom. The first-order valence-electron chi connectivity index (χ1n) is 4.32. The van der Waals surface area contributed by atoms with E-state index in [1.165, 1.54) is 0 Å². The molecule has 1 unspecified atom stereocenters. The van der Waals surface area contributed by atoms with Crippen molar-refractivity contribution in [1.29, 1.82) is 0 Å². The number of hydrogen-bond donors (Lipinski definition) is 0. The fourth-order valence-electron chi connectivity index (χ4n) is 1.53. The maximum absolute atomic E-state index is 11.5. The summed E-state index contributed by atoms with van der Waals surface area (Å²) in [5.74, 6) is 0.0901. The van der Waals surface area contributed by atoms with Crippen molar-refractivity contribution in [1.82, 2.24) is 0 Å². The zero-order chi connectivity index (χ0) is 10.1. The largest absolute Gasteiger partial charge is 0.294 e. The number of hydrogen-bond acceptors (Lipinski definition) is 1. The molecule has 2 rings (SSSR count). The summed E-state index contributed by atoms with van der Waals surface area (Å²) in [6, 6.07) is 7.25. The number of carbonyl (C=O) groups excluding carboxylic acids is 1. The van der Waals surface area contributed by atoms with E-state index in [4.69, 9.17) is 23.2 Å². The van der Waals surface area contributed by atoms with Crippen molar-refractivity contribution in [3.63, 3.8) is 0 Å². The molecule has 1 atom stereocenters. The number of allylic oxidation sites excluding steroid dienone is 2. The van der Waals surface area contributed by atoms with Gasteiger partial charge in [-0.15, -0.1) is 11.6 Å². The van der Waals surface area contributed by atoms with E-state index in [0.717, 1.165) is 5.56 Å². The number of rotatable bonds is 1. The molecule has 1 aromatic carbocycles. The molecule has 3 heteroatoms. The molecule has 1 aromatic rings. The van der Waals surface area contributed by atoms with Crippen LogP contribution in [0, 0.1) is 0 Å². The molecule has 0 fully saturated rings. The van der Waals surface area contributed by atoms with Gasteiger partial charge in [-0.2, -0.15) is 0 Å². The second-order valence-corrected chi connectivity index (χ2v) is 4.23. The van der Waals surface area contributed by atoms with Gasteiger partial charge in [0.1, 0.15) is 0 Å². The second kappa shape index (κ2) is 3.76. The highest BCUT2D eigenvalue weighted by Gasteiger charge is 2.23. The molecule has 1 aliphatic carbocycles. The van der Waals surface area contributed by atoms with Crippen molar-refractivity contribution < 1.29 is 4.79 Å². The van der Waals surface area contributed by atoms with Gasteiger partial charge >= 0.3 is 0 Å². The van der Waals surface area contributed by atoms with Gasteiger partial charge in [0, 0.05) is 17.0 Å². The average molecular weight is 227 g/mol. The molecule has 0 amide bonds. The topological polar surface area (TPSA) is 17.1 Å². The Kier molecular flexibility index (Phi) is 2.62. The fourth-order valence-corrected chi connectivity index (χ4v) is 1.99. The zero-order valence-electron chi connectivity index (χ0n) is 7.34. The third kappa shape index (κ3) is 1.84. The molecule has 0 aliphatic heterocycles. The first-order valence-corrected chi connectivity index (χ1v) is 5.13. The third-order valence-electron chi connectivity index (χ3n) is 2.16. The highest BCUT2D eigenvalue weighted by Crippen LogP contribution is 2.28. The lowest BCUT2D eigenvalue weighted by Crippen LogP contribution is -1.96. The molecule has 0 heterocycles. The second-order valence-electron chi connectivity index (χ2n) is 3.23. The first kappa shape index (κ1) is 9.75. The number of benzene rings is 1. The fraction of sp³-hybridized carbons (Fsp3) is 0.182. The highest BCUT2D eigenvalue weighted by molar-refractivity contribution is 6.33. The molecule has 0 radical (unpaired) electrons. The summed E-state index contributed by atoms with van der Waals surface area (Å²) in [5.41, 5.74) is 1.54. The molecule has 14 heavy (non-hydrogen) atoms. The van der Waals surface area contributed by atoms with Crippen LogP contribution in [-0.4, -0.2) is 11.2 Å². The lowest BCUT2D eigenvalue weighted by Gasteiger charge is -2.00. The molecule has 1 aliphatic rings. The van der Waals surface area contributed by atoms with Crippen LogP contribution >= 0.6 is 23.2 Å². The molecule has 0 saturated heterocycles. The summed E-state index contributed by atoms with van der Waals surface area (Å²) in [6.45, 7) is 0. The van der Waals surface area contributed by atoms with Crippen LogP contribution in [0.3, 0.4) is 0 Å². The molecule has 0 aromatic heterocycles. The van der Waals surface area contributed by atoms with Crippen molar-refractivity contribution in [2.24, 2.45) is 0 Å². The lowest BCUT2D eigenvalue weighted by molar-refractivity contribution is -0.113. The lowest BCUT2D eigenvalue weighted by atomic mass is 10.1. The molecule has 0 saturated carbocycles. The summed E-state index contributed by atoms with van der Waals surface area (Å²) >= 11 is 11.7. The van der Waals surface area contributed by atoms with Crippen molar-refractivity contribution >= 4 is 34.6 Å². The van der Waals surface area contributed by atoms with Gasteiger partial charge in [0.2, 0.25) is 0 Å². The predicted octanol–water partition coefficient (Wildman–Crippen LogP) is 3.30. The normalized spacial score (nSPS) is 21.1. The summed E-state index contributed by atoms with van der Waals surface area (Å²) in [6.07, 6.45) is 2.18. The molecule has 0 N–H and O–H groups in total. The number of Topliss-reactive ketones (excluding diaryl/α,β-unsaturated/α-hetero) is 1. The van der Waals surface area contributed by atoms with E-state index in [1.54, 1.807) is 18.2 Å². The van der Waals surface area contributed by atoms with Gasteiger partial charge in [0.25, 0.3) is 0 Å². The van der Waals surface area contributed by atoms with Crippen LogP contribution in [0.2, 0.25) is 5.02 Å². The smallest absolute Gasteiger partial charge is 0.165 e. The van der Waals surface area contributed by atoms with E-state index in [-0.39, 0.29) is 11.2 Å². The molecular weight excluding hydrogens is 219 g/mol. The summed E-state index contributed by atoms with van der Waals surface area (Å²) in [7, 11) is 0. The van der Waals surface area contributed by atoms with Gasteiger partial charge in [-0.1, -0.05) is 29.8 Å². The van der Waals surface area contributed by atoms with Crippen molar-refractivity contribution in [3.05, 3.63) is 40.9 Å². The van der Waals surface area contributed by atoms with Crippen LogP contribution in [-0.2, 0) is 4.79 Å². The Bertz CT molecular complexity index is 410. The van der Waals surface area contributed by atoms with Crippen LogP contribution in [0.25, 0.3) is 5.57 Å². The molecule has 0 bridgehead atoms. The standard InChI is InChI=1S/C11H8Cl2O/c12-8-3-1-2-7(4-8)10-5-9(13)6-11(10)14/h1-5,9H,6H2. The van der Waals surface area contributed by atoms with Crippen LogP contribution in [0.5, 0.6) is 0 Å². The molecular formula is C11H8Cl2O. The van der Waals surface area contributed by atoms with Gasteiger partial charge in [0.05, 0.1) is 5.38 Å². The Balaban J connectivity index is 2.40. The van der Waals surface area contributed by atoms with E-state index < -0.39 is 0 Å². The average Bonchev–Trinajstić information content (AvgIpc) is 2.45. The van der Waals surface area contributed by atoms with Crippen molar-refractivity contribution in [2.75, 3.05) is 0 Å². The highest BCUT2D eigenvalue weighted by atomic mass is 35.5. The SMILES string of the molecule is O=C1CC(Cl)C=C1c1cccc(Cl)c1. The summed E-state index contributed by atoms with van der Waals surface area (Å²) < 4.78 is 0. The Morgan fingerprint density at radius 2 is 2.14 bits per heavy atom. The minimum atomic E-state index is -0.170. The van der Waals surface area contributed by atoms with E-state index >= 15 is 0 Å². The number of ketones is 1.